The largest absolute Gasteiger partial charge is 0.382 e. The summed E-state index contributed by atoms with van der Waals surface area (Å²) >= 11 is 9.57. The lowest BCUT2D eigenvalue weighted by Gasteiger charge is -2.17. The number of halogens is 2. The van der Waals surface area contributed by atoms with Crippen molar-refractivity contribution < 1.29 is 14.2 Å². The molecular weight excluding hydrogens is 319 g/mol. The minimum absolute atomic E-state index is 0.0512. The summed E-state index contributed by atoms with van der Waals surface area (Å²) in [6.45, 7) is 2.28. The Labute approximate surface area is 121 Å². The Morgan fingerprint density at radius 1 is 1.17 bits per heavy atom. The van der Waals surface area contributed by atoms with Crippen molar-refractivity contribution in [2.45, 2.75) is 6.10 Å². The smallest absolute Gasteiger partial charge is 0.0937 e. The van der Waals surface area contributed by atoms with Crippen molar-refractivity contribution in [2.75, 3.05) is 38.9 Å². The molecule has 1 aromatic carbocycles. The maximum absolute atomic E-state index is 6.13. The summed E-state index contributed by atoms with van der Waals surface area (Å²) in [5.41, 5.74) is 0.993. The molecule has 3 nitrogen and oxygen atoms in total. The number of ether oxygens (including phenoxy) is 3. The van der Waals surface area contributed by atoms with Crippen molar-refractivity contribution in [3.05, 3.63) is 34.9 Å². The topological polar surface area (TPSA) is 27.7 Å². The van der Waals surface area contributed by atoms with Crippen molar-refractivity contribution >= 4 is 27.5 Å². The van der Waals surface area contributed by atoms with Crippen LogP contribution in [0.3, 0.4) is 0 Å². The van der Waals surface area contributed by atoms with Crippen molar-refractivity contribution in [3.63, 3.8) is 0 Å². The lowest BCUT2D eigenvalue weighted by Crippen LogP contribution is -2.13. The van der Waals surface area contributed by atoms with Gasteiger partial charge < -0.3 is 14.2 Å². The molecule has 0 spiro atoms. The van der Waals surface area contributed by atoms with E-state index in [0.29, 0.717) is 31.8 Å². The Hall–Kier alpha value is -0.130. The molecule has 0 aliphatic heterocycles. The molecule has 102 valence electrons. The van der Waals surface area contributed by atoms with Crippen LogP contribution in [0, 0.1) is 0 Å². The number of hydrogen-bond donors (Lipinski definition) is 0. The van der Waals surface area contributed by atoms with Gasteiger partial charge in [-0.25, -0.2) is 0 Å². The van der Waals surface area contributed by atoms with Crippen molar-refractivity contribution in [1.29, 1.82) is 0 Å². The zero-order valence-electron chi connectivity index (χ0n) is 10.4. The highest BCUT2D eigenvalue weighted by atomic mass is 79.9. The minimum Gasteiger partial charge on any atom is -0.382 e. The van der Waals surface area contributed by atoms with Gasteiger partial charge in [0.05, 0.1) is 32.5 Å². The maximum atomic E-state index is 6.13. The fourth-order valence-corrected chi connectivity index (χ4v) is 2.24. The summed E-state index contributed by atoms with van der Waals surface area (Å²) in [5.74, 6) is 0. The highest BCUT2D eigenvalue weighted by molar-refractivity contribution is 9.09. The molecule has 0 bridgehead atoms. The van der Waals surface area contributed by atoms with Crippen molar-refractivity contribution in [3.8, 4) is 0 Å². The molecular formula is C13H18BrClO3. The molecule has 0 saturated carbocycles. The number of alkyl halides is 1. The first-order valence-electron chi connectivity index (χ1n) is 5.78. The first-order valence-corrected chi connectivity index (χ1v) is 7.28. The van der Waals surface area contributed by atoms with E-state index in [1.54, 1.807) is 7.11 Å². The predicted molar refractivity (Wildman–Crippen MR) is 76.6 cm³/mol. The summed E-state index contributed by atoms with van der Waals surface area (Å²) in [5, 5.41) is 1.43. The Morgan fingerprint density at radius 2 is 1.89 bits per heavy atom. The van der Waals surface area contributed by atoms with E-state index in [-0.39, 0.29) is 6.10 Å². The fourth-order valence-electron chi connectivity index (χ4n) is 1.45. The Balaban J connectivity index is 2.32. The molecule has 0 aromatic heterocycles. The van der Waals surface area contributed by atoms with Crippen LogP contribution in [0.15, 0.2) is 24.3 Å². The van der Waals surface area contributed by atoms with E-state index in [1.165, 1.54) is 0 Å². The monoisotopic (exact) mass is 336 g/mol. The molecule has 0 fully saturated rings. The Bertz CT molecular complexity index is 336. The predicted octanol–water partition coefficient (Wildman–Crippen LogP) is 3.46. The van der Waals surface area contributed by atoms with Gasteiger partial charge in [0.2, 0.25) is 0 Å². The molecule has 0 aliphatic carbocycles. The van der Waals surface area contributed by atoms with Gasteiger partial charge in [0.25, 0.3) is 0 Å². The van der Waals surface area contributed by atoms with Gasteiger partial charge in [-0.15, -0.1) is 0 Å². The molecule has 1 aromatic rings. The zero-order valence-corrected chi connectivity index (χ0v) is 12.7. The summed E-state index contributed by atoms with van der Waals surface area (Å²) in [7, 11) is 1.65. The lowest BCUT2D eigenvalue weighted by atomic mass is 10.1. The number of benzene rings is 1. The third-order valence-electron chi connectivity index (χ3n) is 2.37. The zero-order chi connectivity index (χ0) is 13.2. The molecule has 0 N–H and O–H groups in total. The van der Waals surface area contributed by atoms with E-state index in [9.17, 15) is 0 Å². The number of rotatable bonds is 9. The van der Waals surface area contributed by atoms with Gasteiger partial charge >= 0.3 is 0 Å². The van der Waals surface area contributed by atoms with Crippen LogP contribution in [0.2, 0.25) is 5.02 Å². The second-order valence-electron chi connectivity index (χ2n) is 3.64. The highest BCUT2D eigenvalue weighted by Gasteiger charge is 2.13. The first-order chi connectivity index (χ1) is 8.79. The summed E-state index contributed by atoms with van der Waals surface area (Å²) in [6.07, 6.45) is -0.0512. The normalized spacial score (nSPS) is 12.6. The van der Waals surface area contributed by atoms with Crippen LogP contribution in [0.25, 0.3) is 0 Å². The Morgan fingerprint density at radius 3 is 2.56 bits per heavy atom. The molecule has 1 rings (SSSR count). The molecule has 18 heavy (non-hydrogen) atoms. The molecule has 0 amide bonds. The minimum atomic E-state index is -0.0512. The second-order valence-corrected chi connectivity index (χ2v) is 4.70. The van der Waals surface area contributed by atoms with Crippen molar-refractivity contribution in [2.24, 2.45) is 0 Å². The average Bonchev–Trinajstić information content (AvgIpc) is 2.39. The van der Waals surface area contributed by atoms with Crippen LogP contribution in [0.5, 0.6) is 0 Å². The summed E-state index contributed by atoms with van der Waals surface area (Å²) in [4.78, 5) is 0. The van der Waals surface area contributed by atoms with Gasteiger partial charge in [-0.1, -0.05) is 45.7 Å². The third kappa shape index (κ3) is 5.67. The van der Waals surface area contributed by atoms with Gasteiger partial charge in [-0.05, 0) is 6.07 Å². The van der Waals surface area contributed by atoms with Gasteiger partial charge in [0.15, 0.2) is 0 Å². The molecule has 0 heterocycles. The van der Waals surface area contributed by atoms with E-state index >= 15 is 0 Å². The molecule has 1 atom stereocenters. The van der Waals surface area contributed by atoms with Gasteiger partial charge in [0, 0.05) is 23.0 Å². The van der Waals surface area contributed by atoms with E-state index in [1.807, 2.05) is 24.3 Å². The van der Waals surface area contributed by atoms with Crippen LogP contribution in [0.4, 0.5) is 0 Å². The summed E-state index contributed by atoms with van der Waals surface area (Å²) in [6, 6.07) is 7.70. The van der Waals surface area contributed by atoms with Gasteiger partial charge in [0.1, 0.15) is 0 Å². The quantitative estimate of drug-likeness (QED) is 0.510. The van der Waals surface area contributed by atoms with Crippen LogP contribution in [-0.4, -0.2) is 38.9 Å². The molecule has 0 aliphatic rings. The van der Waals surface area contributed by atoms with Crippen LogP contribution >= 0.6 is 27.5 Å². The van der Waals surface area contributed by atoms with Crippen LogP contribution < -0.4 is 0 Å². The second kappa shape index (κ2) is 9.75. The van der Waals surface area contributed by atoms with E-state index < -0.39 is 0 Å². The lowest BCUT2D eigenvalue weighted by molar-refractivity contribution is 0.000755. The van der Waals surface area contributed by atoms with Crippen LogP contribution in [0.1, 0.15) is 11.7 Å². The first kappa shape index (κ1) is 15.9. The Kier molecular flexibility index (Phi) is 8.63. The SMILES string of the molecule is COCCOCCOC(CBr)c1ccccc1Cl. The molecule has 0 radical (unpaired) electrons. The average molecular weight is 338 g/mol. The third-order valence-corrected chi connectivity index (χ3v) is 3.30. The summed E-state index contributed by atoms with van der Waals surface area (Å²) < 4.78 is 16.0. The molecule has 0 saturated heterocycles. The fraction of sp³-hybridized carbons (Fsp3) is 0.538. The maximum Gasteiger partial charge on any atom is 0.0937 e. The van der Waals surface area contributed by atoms with Gasteiger partial charge in [-0.2, -0.15) is 0 Å². The van der Waals surface area contributed by atoms with E-state index in [2.05, 4.69) is 15.9 Å². The molecule has 5 heteroatoms. The molecule has 1 unspecified atom stereocenters. The van der Waals surface area contributed by atoms with Gasteiger partial charge in [-0.3, -0.25) is 0 Å². The number of hydrogen-bond acceptors (Lipinski definition) is 3. The van der Waals surface area contributed by atoms with Crippen molar-refractivity contribution in [1.82, 2.24) is 0 Å². The highest BCUT2D eigenvalue weighted by Crippen LogP contribution is 2.26. The van der Waals surface area contributed by atoms with E-state index in [4.69, 9.17) is 25.8 Å². The number of methoxy groups -OCH3 is 1. The van der Waals surface area contributed by atoms with Crippen LogP contribution in [-0.2, 0) is 14.2 Å². The standard InChI is InChI=1S/C13H18BrClO3/c1-16-6-7-17-8-9-18-13(10-14)11-4-2-3-5-12(11)15/h2-5,13H,6-10H2,1H3. The van der Waals surface area contributed by atoms with E-state index in [0.717, 1.165) is 10.6 Å².